The molecule has 1 N–H and O–H groups in total. The van der Waals surface area contributed by atoms with Crippen LogP contribution in [0.3, 0.4) is 0 Å². The van der Waals surface area contributed by atoms with Crippen LogP contribution < -0.4 is 19.1 Å². The minimum absolute atomic E-state index is 0.0427. The van der Waals surface area contributed by atoms with Crippen LogP contribution in [0.5, 0.6) is 11.5 Å². The molecule has 0 saturated heterocycles. The Morgan fingerprint density at radius 2 is 1.59 bits per heavy atom. The van der Waals surface area contributed by atoms with Gasteiger partial charge >= 0.3 is 0 Å². The van der Waals surface area contributed by atoms with Gasteiger partial charge in [0.15, 0.2) is 11.5 Å². The summed E-state index contributed by atoms with van der Waals surface area (Å²) in [5.41, 5.74) is 0.923. The Bertz CT molecular complexity index is 1170. The maximum atomic E-state index is 13.4. The second-order valence-corrected chi connectivity index (χ2v) is 8.63. The van der Waals surface area contributed by atoms with E-state index in [1.54, 1.807) is 36.4 Å². The molecule has 9 heteroatoms. The second kappa shape index (κ2) is 10.1. The average Bonchev–Trinajstić information content (AvgIpc) is 2.82. The number of amides is 1. The van der Waals surface area contributed by atoms with Crippen molar-refractivity contribution in [2.24, 2.45) is 0 Å². The quantitative estimate of drug-likeness (QED) is 0.532. The molecule has 1 amide bonds. The molecule has 0 atom stereocenters. The molecule has 7 nitrogen and oxygen atoms in total. The molecule has 0 aliphatic carbocycles. The number of nitrogens with one attached hydrogen (secondary N) is 1. The molecule has 0 fully saturated rings. The van der Waals surface area contributed by atoms with Crippen LogP contribution in [0.2, 0.25) is 0 Å². The number of carbonyl (C=O) groups is 1. The fourth-order valence-electron chi connectivity index (χ4n) is 3.00. The third-order valence-electron chi connectivity index (χ3n) is 4.68. The Labute approximate surface area is 186 Å². The molecule has 0 unspecified atom stereocenters. The molecule has 0 spiro atoms. The van der Waals surface area contributed by atoms with Crippen molar-refractivity contribution in [1.82, 2.24) is 5.32 Å². The SMILES string of the molecule is COc1ccc(N(CC(=O)NCc2ccc(F)cc2)S(=O)(=O)c2ccccc2)cc1OC. The zero-order chi connectivity index (χ0) is 23.1. The van der Waals surface area contributed by atoms with Gasteiger partial charge < -0.3 is 14.8 Å². The van der Waals surface area contributed by atoms with Crippen molar-refractivity contribution < 1.29 is 27.1 Å². The van der Waals surface area contributed by atoms with Gasteiger partial charge in [0, 0.05) is 12.6 Å². The number of rotatable bonds is 9. The smallest absolute Gasteiger partial charge is 0.264 e. The number of halogens is 1. The van der Waals surface area contributed by atoms with Crippen molar-refractivity contribution in [2.45, 2.75) is 11.4 Å². The summed E-state index contributed by atoms with van der Waals surface area (Å²) in [6, 6.07) is 18.1. The van der Waals surface area contributed by atoms with Gasteiger partial charge in [0.2, 0.25) is 5.91 Å². The monoisotopic (exact) mass is 458 g/mol. The maximum Gasteiger partial charge on any atom is 0.264 e. The van der Waals surface area contributed by atoms with Gasteiger partial charge in [-0.2, -0.15) is 0 Å². The van der Waals surface area contributed by atoms with E-state index in [-0.39, 0.29) is 22.9 Å². The number of anilines is 1. The van der Waals surface area contributed by atoms with E-state index in [9.17, 15) is 17.6 Å². The predicted molar refractivity (Wildman–Crippen MR) is 119 cm³/mol. The lowest BCUT2D eigenvalue weighted by Crippen LogP contribution is -2.40. The highest BCUT2D eigenvalue weighted by Crippen LogP contribution is 2.33. The van der Waals surface area contributed by atoms with Crippen LogP contribution in [0.15, 0.2) is 77.7 Å². The highest BCUT2D eigenvalue weighted by molar-refractivity contribution is 7.92. The van der Waals surface area contributed by atoms with E-state index < -0.39 is 22.5 Å². The number of benzene rings is 3. The van der Waals surface area contributed by atoms with Gasteiger partial charge in [0.25, 0.3) is 10.0 Å². The Kier molecular flexibility index (Phi) is 7.32. The first-order valence-corrected chi connectivity index (χ1v) is 11.1. The molecular formula is C23H23FN2O5S. The van der Waals surface area contributed by atoms with Crippen molar-refractivity contribution in [3.63, 3.8) is 0 Å². The second-order valence-electron chi connectivity index (χ2n) is 6.77. The molecule has 0 aromatic heterocycles. The summed E-state index contributed by atoms with van der Waals surface area (Å²) in [5, 5.41) is 2.67. The summed E-state index contributed by atoms with van der Waals surface area (Å²) in [4.78, 5) is 12.7. The lowest BCUT2D eigenvalue weighted by atomic mass is 10.2. The summed E-state index contributed by atoms with van der Waals surface area (Å²) in [6.07, 6.45) is 0. The number of methoxy groups -OCH3 is 2. The number of ether oxygens (including phenoxy) is 2. The number of hydrogen-bond acceptors (Lipinski definition) is 5. The first-order valence-electron chi connectivity index (χ1n) is 9.66. The predicted octanol–water partition coefficient (Wildman–Crippen LogP) is 3.35. The van der Waals surface area contributed by atoms with E-state index in [1.807, 2.05) is 0 Å². The number of sulfonamides is 1. The minimum atomic E-state index is -4.06. The molecule has 0 aliphatic rings. The van der Waals surface area contributed by atoms with Crippen molar-refractivity contribution in [3.8, 4) is 11.5 Å². The summed E-state index contributed by atoms with van der Waals surface area (Å²) in [7, 11) is -1.15. The minimum Gasteiger partial charge on any atom is -0.493 e. The number of carbonyl (C=O) groups excluding carboxylic acids is 1. The van der Waals surface area contributed by atoms with E-state index in [4.69, 9.17) is 9.47 Å². The van der Waals surface area contributed by atoms with E-state index in [1.165, 1.54) is 50.6 Å². The molecule has 0 heterocycles. The van der Waals surface area contributed by atoms with Crippen LogP contribution in [-0.4, -0.2) is 35.1 Å². The maximum absolute atomic E-state index is 13.4. The number of hydrogen-bond donors (Lipinski definition) is 1. The first-order chi connectivity index (χ1) is 15.3. The summed E-state index contributed by atoms with van der Waals surface area (Å²) in [6.45, 7) is -0.335. The van der Waals surface area contributed by atoms with Crippen LogP contribution in [0.1, 0.15) is 5.56 Å². The molecule has 0 radical (unpaired) electrons. The summed E-state index contributed by atoms with van der Waals surface area (Å²) < 4.78 is 51.3. The van der Waals surface area contributed by atoms with Crippen molar-refractivity contribution >= 4 is 21.6 Å². The lowest BCUT2D eigenvalue weighted by molar-refractivity contribution is -0.119. The zero-order valence-corrected chi connectivity index (χ0v) is 18.4. The zero-order valence-electron chi connectivity index (χ0n) is 17.6. The highest BCUT2D eigenvalue weighted by atomic mass is 32.2. The van der Waals surface area contributed by atoms with Crippen LogP contribution in [0.4, 0.5) is 10.1 Å². The molecule has 3 aromatic carbocycles. The van der Waals surface area contributed by atoms with Crippen molar-refractivity contribution in [1.29, 1.82) is 0 Å². The molecule has 0 aliphatic heterocycles. The average molecular weight is 459 g/mol. The fraction of sp³-hybridized carbons (Fsp3) is 0.174. The van der Waals surface area contributed by atoms with Gasteiger partial charge in [0.05, 0.1) is 24.8 Å². The van der Waals surface area contributed by atoms with Gasteiger partial charge in [-0.25, -0.2) is 12.8 Å². The van der Waals surface area contributed by atoms with Crippen LogP contribution in [-0.2, 0) is 21.4 Å². The largest absolute Gasteiger partial charge is 0.493 e. The van der Waals surface area contributed by atoms with Gasteiger partial charge in [-0.05, 0) is 42.0 Å². The van der Waals surface area contributed by atoms with E-state index in [0.717, 1.165) is 4.31 Å². The highest BCUT2D eigenvalue weighted by Gasteiger charge is 2.28. The molecule has 32 heavy (non-hydrogen) atoms. The Balaban J connectivity index is 1.90. The first kappa shape index (κ1) is 23.1. The topological polar surface area (TPSA) is 84.9 Å². The van der Waals surface area contributed by atoms with Crippen LogP contribution in [0.25, 0.3) is 0 Å². The molecule has 168 valence electrons. The van der Waals surface area contributed by atoms with E-state index in [0.29, 0.717) is 17.1 Å². The van der Waals surface area contributed by atoms with E-state index in [2.05, 4.69) is 5.32 Å². The lowest BCUT2D eigenvalue weighted by Gasteiger charge is -2.25. The Morgan fingerprint density at radius 1 is 0.938 bits per heavy atom. The molecule has 0 bridgehead atoms. The standard InChI is InChI=1S/C23H23FN2O5S/c1-30-21-13-12-19(14-22(21)31-2)26(32(28,29)20-6-4-3-5-7-20)16-23(27)25-15-17-8-10-18(24)11-9-17/h3-14H,15-16H2,1-2H3,(H,25,27). The van der Waals surface area contributed by atoms with Crippen LogP contribution >= 0.6 is 0 Å². The van der Waals surface area contributed by atoms with E-state index >= 15 is 0 Å². The van der Waals surface area contributed by atoms with Gasteiger partial charge in [0.1, 0.15) is 12.4 Å². The summed E-state index contributed by atoms with van der Waals surface area (Å²) >= 11 is 0. The summed E-state index contributed by atoms with van der Waals surface area (Å²) in [5.74, 6) is -0.156. The third-order valence-corrected chi connectivity index (χ3v) is 6.46. The number of nitrogens with zero attached hydrogens (tertiary/aromatic N) is 1. The van der Waals surface area contributed by atoms with Crippen LogP contribution in [0, 0.1) is 5.82 Å². The van der Waals surface area contributed by atoms with Gasteiger partial charge in [-0.15, -0.1) is 0 Å². The molecule has 3 aromatic rings. The normalized spacial score (nSPS) is 11.0. The Morgan fingerprint density at radius 3 is 2.22 bits per heavy atom. The van der Waals surface area contributed by atoms with Gasteiger partial charge in [-0.3, -0.25) is 9.10 Å². The molecule has 3 rings (SSSR count). The van der Waals surface area contributed by atoms with Gasteiger partial charge in [-0.1, -0.05) is 30.3 Å². The van der Waals surface area contributed by atoms with Crippen molar-refractivity contribution in [2.75, 3.05) is 25.1 Å². The molecular weight excluding hydrogens is 435 g/mol. The Hall–Kier alpha value is -3.59. The molecule has 0 saturated carbocycles. The fourth-order valence-corrected chi connectivity index (χ4v) is 4.44. The van der Waals surface area contributed by atoms with Crippen molar-refractivity contribution in [3.05, 3.63) is 84.2 Å². The third kappa shape index (κ3) is 5.36.